The highest BCUT2D eigenvalue weighted by molar-refractivity contribution is 6.40. The normalized spacial score (nSPS) is 16.8. The van der Waals surface area contributed by atoms with Gasteiger partial charge in [0.2, 0.25) is 0 Å². The van der Waals surface area contributed by atoms with Gasteiger partial charge in [-0.15, -0.1) is 0 Å². The second kappa shape index (κ2) is 8.41. The van der Waals surface area contributed by atoms with Crippen molar-refractivity contribution in [2.24, 2.45) is 0 Å². The van der Waals surface area contributed by atoms with Gasteiger partial charge in [0.1, 0.15) is 0 Å². The molecule has 1 aliphatic heterocycles. The lowest BCUT2D eigenvalue weighted by atomic mass is 10.2. The molecule has 1 aromatic rings. The van der Waals surface area contributed by atoms with Crippen LogP contribution in [0.2, 0.25) is 10.0 Å². The van der Waals surface area contributed by atoms with E-state index >= 15 is 0 Å². The fourth-order valence-electron chi connectivity index (χ4n) is 2.70. The van der Waals surface area contributed by atoms with Crippen molar-refractivity contribution in [2.45, 2.75) is 0 Å². The van der Waals surface area contributed by atoms with Crippen molar-refractivity contribution in [1.82, 2.24) is 4.90 Å². The Hall–Kier alpha value is -1.58. The molecule has 0 aliphatic carbocycles. The van der Waals surface area contributed by atoms with Crippen molar-refractivity contribution in [3.8, 4) is 0 Å². The van der Waals surface area contributed by atoms with Crippen molar-refractivity contribution in [1.29, 1.82) is 0 Å². The number of carbonyl (C=O) groups excluding carboxylic acids is 2. The van der Waals surface area contributed by atoms with Crippen LogP contribution in [0.25, 0.3) is 0 Å². The number of nitrogens with one attached hydrogen (secondary N) is 1. The fraction of sp³-hybridized carbons (Fsp3) is 0.500. The number of hydrogen-bond acceptors (Lipinski definition) is 5. The maximum Gasteiger partial charge on any atom is 0.411 e. The molecule has 8 nitrogen and oxygen atoms in total. The van der Waals surface area contributed by atoms with Gasteiger partial charge < -0.3 is 9.22 Å². The molecular weight excluding hydrogens is 383 g/mol. The Morgan fingerprint density at radius 1 is 1.31 bits per heavy atom. The van der Waals surface area contributed by atoms with Crippen molar-refractivity contribution < 1.29 is 24.0 Å². The molecule has 2 amide bonds. The van der Waals surface area contributed by atoms with Crippen LogP contribution >= 0.6 is 23.2 Å². The number of methoxy groups -OCH3 is 1. The summed E-state index contributed by atoms with van der Waals surface area (Å²) in [5.41, 5.74) is 0.268. The lowest BCUT2D eigenvalue weighted by molar-refractivity contribution is -0.906. The van der Waals surface area contributed by atoms with Crippen molar-refractivity contribution in [3.63, 3.8) is 0 Å². The Morgan fingerprint density at radius 3 is 2.35 bits per heavy atom. The Bertz CT molecular complexity index is 670. The SMILES string of the molecule is COC(=O)Nc1c(Cl)cc(N(O)C(=O)C[N+]2(C)CCN(C)CC2)cc1Cl. The number of rotatable bonds is 4. The zero-order chi connectivity index (χ0) is 19.5. The lowest BCUT2D eigenvalue weighted by Crippen LogP contribution is -2.59. The molecule has 0 saturated carbocycles. The zero-order valence-electron chi connectivity index (χ0n) is 15.0. The maximum absolute atomic E-state index is 12.5. The van der Waals surface area contributed by atoms with Crippen molar-refractivity contribution in [2.75, 3.05) is 64.3 Å². The van der Waals surface area contributed by atoms with E-state index in [1.807, 2.05) is 14.1 Å². The summed E-state index contributed by atoms with van der Waals surface area (Å²) in [6, 6.07) is 2.70. The highest BCUT2D eigenvalue weighted by atomic mass is 35.5. The summed E-state index contributed by atoms with van der Waals surface area (Å²) in [7, 11) is 5.24. The maximum atomic E-state index is 12.5. The number of piperazine rings is 1. The van der Waals surface area contributed by atoms with Gasteiger partial charge in [-0.1, -0.05) is 23.2 Å². The van der Waals surface area contributed by atoms with Crippen LogP contribution in [0.3, 0.4) is 0 Å². The average Bonchev–Trinajstić information content (AvgIpc) is 2.59. The molecule has 2 N–H and O–H groups in total. The Labute approximate surface area is 162 Å². The van der Waals surface area contributed by atoms with E-state index in [1.54, 1.807) is 0 Å². The largest absolute Gasteiger partial charge is 0.453 e. The molecule has 1 saturated heterocycles. The summed E-state index contributed by atoms with van der Waals surface area (Å²) in [4.78, 5) is 26.0. The summed E-state index contributed by atoms with van der Waals surface area (Å²) < 4.78 is 5.04. The van der Waals surface area contributed by atoms with Gasteiger partial charge in [0.25, 0.3) is 0 Å². The minimum atomic E-state index is -0.731. The average molecular weight is 406 g/mol. The molecule has 1 aliphatic rings. The van der Waals surface area contributed by atoms with Gasteiger partial charge in [0.05, 0.1) is 48.7 Å². The predicted octanol–water partition coefficient (Wildman–Crippen LogP) is 2.29. The highest BCUT2D eigenvalue weighted by Gasteiger charge is 2.32. The Balaban J connectivity index is 2.12. The van der Waals surface area contributed by atoms with E-state index in [9.17, 15) is 14.8 Å². The monoisotopic (exact) mass is 405 g/mol. The number of ether oxygens (including phenoxy) is 1. The number of benzene rings is 1. The van der Waals surface area contributed by atoms with E-state index in [0.29, 0.717) is 9.55 Å². The molecule has 1 fully saturated rings. The van der Waals surface area contributed by atoms with Crippen LogP contribution < -0.4 is 10.4 Å². The molecule has 26 heavy (non-hydrogen) atoms. The molecule has 0 atom stereocenters. The van der Waals surface area contributed by atoms with E-state index in [4.69, 9.17) is 23.2 Å². The number of quaternary nitrogens is 1. The minimum Gasteiger partial charge on any atom is -0.453 e. The van der Waals surface area contributed by atoms with Gasteiger partial charge in [-0.2, -0.15) is 5.06 Å². The molecule has 0 aromatic heterocycles. The van der Waals surface area contributed by atoms with Crippen LogP contribution in [0.4, 0.5) is 16.2 Å². The second-order valence-corrected chi connectivity index (χ2v) is 7.45. The molecule has 0 bridgehead atoms. The zero-order valence-corrected chi connectivity index (χ0v) is 16.5. The molecule has 144 valence electrons. The lowest BCUT2D eigenvalue weighted by Gasteiger charge is -2.40. The fourth-order valence-corrected chi connectivity index (χ4v) is 3.27. The number of likely N-dealkylation sites (N-methyl/N-ethyl adjacent to an activating group) is 2. The van der Waals surface area contributed by atoms with Gasteiger partial charge in [0, 0.05) is 13.1 Å². The number of carbonyl (C=O) groups is 2. The number of anilines is 2. The highest BCUT2D eigenvalue weighted by Crippen LogP contribution is 2.35. The molecule has 0 spiro atoms. The smallest absolute Gasteiger partial charge is 0.411 e. The molecule has 2 rings (SSSR count). The number of amides is 2. The standard InChI is InChI=1S/C16H22Cl2N4O4/c1-20-4-6-22(2,7-5-20)10-14(23)21(25)11-8-12(17)15(13(18)9-11)19-16(24)26-3/h8-9,25H,4-7,10H2,1-3H3/p+1. The third-order valence-corrected chi connectivity index (χ3v) is 5.08. The van der Waals surface area contributed by atoms with Gasteiger partial charge in [-0.3, -0.25) is 20.2 Å². The second-order valence-electron chi connectivity index (χ2n) is 6.63. The summed E-state index contributed by atoms with van der Waals surface area (Å²) in [6.07, 6.45) is -0.731. The van der Waals surface area contributed by atoms with Gasteiger partial charge >= 0.3 is 12.0 Å². The van der Waals surface area contributed by atoms with Gasteiger partial charge in [-0.05, 0) is 19.2 Å². The van der Waals surface area contributed by atoms with E-state index < -0.39 is 12.0 Å². The van der Waals surface area contributed by atoms with Crippen LogP contribution in [0.1, 0.15) is 0 Å². The van der Waals surface area contributed by atoms with Crippen LogP contribution in [0, 0.1) is 0 Å². The number of hydrogen-bond donors (Lipinski definition) is 2. The van der Waals surface area contributed by atoms with Crippen molar-refractivity contribution in [3.05, 3.63) is 22.2 Å². The first-order valence-electron chi connectivity index (χ1n) is 8.03. The van der Waals surface area contributed by atoms with Crippen LogP contribution in [-0.4, -0.2) is 80.5 Å². The third-order valence-electron chi connectivity index (χ3n) is 4.48. The summed E-state index contributed by atoms with van der Waals surface area (Å²) >= 11 is 12.2. The minimum absolute atomic E-state index is 0.0738. The molecular formula is C16H23Cl2N4O4+. The van der Waals surface area contributed by atoms with Crippen molar-refractivity contribution >= 4 is 46.6 Å². The summed E-state index contributed by atoms with van der Waals surface area (Å²) in [5.74, 6) is -0.460. The van der Waals surface area contributed by atoms with Gasteiger partial charge in [0.15, 0.2) is 6.54 Å². The number of hydroxylamine groups is 1. The first-order chi connectivity index (χ1) is 12.1. The summed E-state index contributed by atoms with van der Waals surface area (Å²) in [5, 5.41) is 13.4. The van der Waals surface area contributed by atoms with E-state index in [2.05, 4.69) is 15.0 Å². The van der Waals surface area contributed by atoms with Crippen LogP contribution in [0.5, 0.6) is 0 Å². The first kappa shape index (κ1) is 20.7. The molecule has 1 heterocycles. The molecule has 1 aromatic carbocycles. The van der Waals surface area contributed by atoms with E-state index in [0.717, 1.165) is 26.2 Å². The summed E-state index contributed by atoms with van der Waals surface area (Å²) in [6.45, 7) is 3.57. The molecule has 0 unspecified atom stereocenters. The Morgan fingerprint density at radius 2 is 1.85 bits per heavy atom. The third kappa shape index (κ3) is 4.99. The molecule has 10 heteroatoms. The molecule has 0 radical (unpaired) electrons. The van der Waals surface area contributed by atoms with E-state index in [1.165, 1.54) is 19.2 Å². The first-order valence-corrected chi connectivity index (χ1v) is 8.79. The number of halogens is 2. The number of nitrogens with zero attached hydrogens (tertiary/aromatic N) is 3. The van der Waals surface area contributed by atoms with Crippen LogP contribution in [0.15, 0.2) is 12.1 Å². The van der Waals surface area contributed by atoms with Gasteiger partial charge in [-0.25, -0.2) is 4.79 Å². The Kier molecular flexibility index (Phi) is 6.70. The quantitative estimate of drug-likeness (QED) is 0.456. The van der Waals surface area contributed by atoms with Crippen LogP contribution in [-0.2, 0) is 9.53 Å². The van der Waals surface area contributed by atoms with E-state index in [-0.39, 0.29) is 28.0 Å². The predicted molar refractivity (Wildman–Crippen MR) is 100 cm³/mol. The topological polar surface area (TPSA) is 82.1 Å².